The van der Waals surface area contributed by atoms with E-state index in [1.165, 1.54) is 17.7 Å². The quantitative estimate of drug-likeness (QED) is 0.269. The average molecular weight is 553 g/mol. The first-order valence-corrected chi connectivity index (χ1v) is 14.2. The van der Waals surface area contributed by atoms with Gasteiger partial charge in [0.15, 0.2) is 0 Å². The molecule has 0 saturated carbocycles. The van der Waals surface area contributed by atoms with Gasteiger partial charge in [-0.2, -0.15) is 0 Å². The third kappa shape index (κ3) is 5.06. The van der Waals surface area contributed by atoms with E-state index in [1.54, 1.807) is 23.7 Å². The second-order valence-corrected chi connectivity index (χ2v) is 11.6. The fraction of sp³-hybridized carbons (Fsp3) is 0.120. The van der Waals surface area contributed by atoms with Crippen molar-refractivity contribution in [1.82, 2.24) is 15.0 Å². The Hall–Kier alpha value is -3.80. The number of carbonyl (C=O) groups is 1. The van der Waals surface area contributed by atoms with Gasteiger partial charge in [-0.1, -0.05) is 29.8 Å². The largest absolute Gasteiger partial charge is 0.382 e. The number of benzene rings is 2. The summed E-state index contributed by atoms with van der Waals surface area (Å²) in [7, 11) is -3.49. The van der Waals surface area contributed by atoms with Gasteiger partial charge in [0, 0.05) is 28.8 Å². The number of rotatable bonds is 6. The molecule has 12 heteroatoms. The van der Waals surface area contributed by atoms with Crippen molar-refractivity contribution in [3.63, 3.8) is 0 Å². The lowest BCUT2D eigenvalue weighted by Gasteiger charge is -2.14. The van der Waals surface area contributed by atoms with E-state index in [9.17, 15) is 13.2 Å². The van der Waals surface area contributed by atoms with E-state index in [2.05, 4.69) is 25.0 Å². The molecule has 3 aromatic heterocycles. The fourth-order valence-corrected chi connectivity index (χ4v) is 5.79. The number of aryl methyl sites for hydroxylation is 1. The molecule has 5 rings (SSSR count). The van der Waals surface area contributed by atoms with Crippen molar-refractivity contribution in [1.29, 1.82) is 0 Å². The van der Waals surface area contributed by atoms with Crippen molar-refractivity contribution in [3.05, 3.63) is 81.7 Å². The molecule has 0 unspecified atom stereocenters. The highest BCUT2D eigenvalue weighted by Gasteiger charge is 2.18. The van der Waals surface area contributed by atoms with Crippen LogP contribution in [0.1, 0.15) is 27.2 Å². The number of hydrogen-bond acceptors (Lipinski definition) is 8. The van der Waals surface area contributed by atoms with Crippen molar-refractivity contribution >= 4 is 77.0 Å². The first-order chi connectivity index (χ1) is 17.6. The van der Waals surface area contributed by atoms with Gasteiger partial charge < -0.3 is 11.1 Å². The molecule has 0 fully saturated rings. The summed E-state index contributed by atoms with van der Waals surface area (Å²) in [6.07, 6.45) is 4.53. The van der Waals surface area contributed by atoms with Gasteiger partial charge in [-0.15, -0.1) is 11.3 Å². The third-order valence-corrected chi connectivity index (χ3v) is 7.71. The minimum Gasteiger partial charge on any atom is -0.382 e. The number of thiophene rings is 1. The number of nitrogens with two attached hydrogens (primary N) is 1. The zero-order chi connectivity index (χ0) is 26.3. The molecule has 4 N–H and O–H groups in total. The van der Waals surface area contributed by atoms with Crippen LogP contribution in [0.3, 0.4) is 0 Å². The molecule has 0 bridgehead atoms. The lowest BCUT2D eigenvalue weighted by Crippen LogP contribution is -2.13. The number of anilines is 3. The number of fused-ring (bicyclic) bond motifs is 2. The van der Waals surface area contributed by atoms with Crippen LogP contribution in [0, 0.1) is 6.92 Å². The van der Waals surface area contributed by atoms with Crippen LogP contribution in [-0.4, -0.2) is 35.5 Å². The second kappa shape index (κ2) is 9.58. The summed E-state index contributed by atoms with van der Waals surface area (Å²) in [6, 6.07) is 10.9. The minimum absolute atomic E-state index is 0.299. The number of nitrogen functional groups attached to an aromatic ring is 1. The number of amides is 1. The van der Waals surface area contributed by atoms with Gasteiger partial charge in [0.05, 0.1) is 44.1 Å². The van der Waals surface area contributed by atoms with Crippen molar-refractivity contribution in [3.8, 4) is 0 Å². The zero-order valence-corrected chi connectivity index (χ0v) is 22.1. The van der Waals surface area contributed by atoms with E-state index in [4.69, 9.17) is 17.3 Å². The molecule has 0 radical (unpaired) electrons. The fourth-order valence-electron chi connectivity index (χ4n) is 4.10. The Morgan fingerprint density at radius 3 is 2.70 bits per heavy atom. The molecule has 0 saturated heterocycles. The van der Waals surface area contributed by atoms with Gasteiger partial charge in [0.25, 0.3) is 5.91 Å². The summed E-state index contributed by atoms with van der Waals surface area (Å²) in [4.78, 5) is 26.1. The second-order valence-electron chi connectivity index (χ2n) is 8.52. The molecule has 0 spiro atoms. The Kier molecular flexibility index (Phi) is 6.44. The highest BCUT2D eigenvalue weighted by atomic mass is 35.5. The van der Waals surface area contributed by atoms with Crippen molar-refractivity contribution in [2.24, 2.45) is 0 Å². The highest BCUT2D eigenvalue weighted by molar-refractivity contribution is 7.92. The summed E-state index contributed by atoms with van der Waals surface area (Å²) >= 11 is 7.50. The molecule has 3 heterocycles. The van der Waals surface area contributed by atoms with Crippen LogP contribution in [-0.2, 0) is 16.4 Å². The molecule has 37 heavy (non-hydrogen) atoms. The molecule has 0 aliphatic carbocycles. The Morgan fingerprint density at radius 2 is 1.92 bits per heavy atom. The van der Waals surface area contributed by atoms with Crippen LogP contribution in [0.5, 0.6) is 0 Å². The van der Waals surface area contributed by atoms with Gasteiger partial charge in [0.2, 0.25) is 10.0 Å². The first-order valence-electron chi connectivity index (χ1n) is 11.0. The van der Waals surface area contributed by atoms with E-state index in [1.807, 2.05) is 31.2 Å². The van der Waals surface area contributed by atoms with Gasteiger partial charge in [-0.05, 0) is 36.2 Å². The van der Waals surface area contributed by atoms with E-state index in [0.29, 0.717) is 44.4 Å². The standard InChI is InChI=1S/C25H21ClN6O3S2/c1-13-3-5-15-16(21(13)31-25(33)17-11-36-23-22(17)29-12-30-24(23)27)7-8-28-19(15)9-14-4-6-18(26)20(10-14)32-37(2,34)35/h3-8,10-12,32H,9H2,1-2H3,(H,31,33)(H2,27,29,30). The first kappa shape index (κ1) is 24.9. The molecule has 188 valence electrons. The van der Waals surface area contributed by atoms with Crippen LogP contribution >= 0.6 is 22.9 Å². The maximum Gasteiger partial charge on any atom is 0.258 e. The molecule has 0 aliphatic rings. The number of halogens is 1. The Bertz CT molecular complexity index is 1800. The Balaban J connectivity index is 1.50. The van der Waals surface area contributed by atoms with Crippen LogP contribution in [0.4, 0.5) is 17.2 Å². The van der Waals surface area contributed by atoms with E-state index in [0.717, 1.165) is 33.8 Å². The molecular weight excluding hydrogens is 532 g/mol. The lowest BCUT2D eigenvalue weighted by atomic mass is 10.00. The summed E-state index contributed by atoms with van der Waals surface area (Å²) in [6.45, 7) is 1.92. The Morgan fingerprint density at radius 1 is 1.11 bits per heavy atom. The molecule has 1 amide bonds. The average Bonchev–Trinajstić information content (AvgIpc) is 3.28. The molecular formula is C25H21ClN6O3S2. The van der Waals surface area contributed by atoms with Crippen LogP contribution in [0.25, 0.3) is 21.0 Å². The number of carbonyl (C=O) groups excluding carboxylic acids is 1. The van der Waals surface area contributed by atoms with Gasteiger partial charge >= 0.3 is 0 Å². The maximum atomic E-state index is 13.3. The van der Waals surface area contributed by atoms with Crippen molar-refractivity contribution < 1.29 is 13.2 Å². The smallest absolute Gasteiger partial charge is 0.258 e. The lowest BCUT2D eigenvalue weighted by molar-refractivity contribution is 0.102. The van der Waals surface area contributed by atoms with Crippen molar-refractivity contribution in [2.45, 2.75) is 13.3 Å². The number of nitrogens with one attached hydrogen (secondary N) is 2. The number of sulfonamides is 1. The van der Waals surface area contributed by atoms with E-state index in [-0.39, 0.29) is 5.91 Å². The number of nitrogens with zero attached hydrogens (tertiary/aromatic N) is 3. The predicted octanol–water partition coefficient (Wildman–Crippen LogP) is 5.00. The monoisotopic (exact) mass is 552 g/mol. The van der Waals surface area contributed by atoms with Crippen LogP contribution in [0.15, 0.2) is 54.3 Å². The predicted molar refractivity (Wildman–Crippen MR) is 149 cm³/mol. The summed E-state index contributed by atoms with van der Waals surface area (Å²) < 4.78 is 26.5. The van der Waals surface area contributed by atoms with Crippen molar-refractivity contribution in [2.75, 3.05) is 22.0 Å². The Labute approximate surface area is 221 Å². The van der Waals surface area contributed by atoms with Crippen LogP contribution < -0.4 is 15.8 Å². The molecule has 5 aromatic rings. The molecule has 0 atom stereocenters. The summed E-state index contributed by atoms with van der Waals surface area (Å²) in [5.41, 5.74) is 10.3. The molecule has 0 aliphatic heterocycles. The minimum atomic E-state index is -3.49. The van der Waals surface area contributed by atoms with Gasteiger partial charge in [-0.3, -0.25) is 14.5 Å². The summed E-state index contributed by atoms with van der Waals surface area (Å²) in [5, 5.41) is 6.76. The van der Waals surface area contributed by atoms with E-state index < -0.39 is 10.0 Å². The molecule has 9 nitrogen and oxygen atoms in total. The molecule has 2 aromatic carbocycles. The van der Waals surface area contributed by atoms with E-state index >= 15 is 0 Å². The van der Waals surface area contributed by atoms with Gasteiger partial charge in [-0.25, -0.2) is 18.4 Å². The SMILES string of the molecule is Cc1ccc2c(Cc3ccc(Cl)c(NS(C)(=O)=O)c3)nccc2c1NC(=O)c1csc2c(N)ncnc12. The van der Waals surface area contributed by atoms with Crippen LogP contribution in [0.2, 0.25) is 5.02 Å². The number of pyridine rings is 1. The highest BCUT2D eigenvalue weighted by Crippen LogP contribution is 2.33. The zero-order valence-electron chi connectivity index (χ0n) is 19.7. The normalized spacial score (nSPS) is 11.6. The number of aromatic nitrogens is 3. The maximum absolute atomic E-state index is 13.3. The topological polar surface area (TPSA) is 140 Å². The summed E-state index contributed by atoms with van der Waals surface area (Å²) in [5.74, 6) is 0.0377. The third-order valence-electron chi connectivity index (χ3n) is 5.80. The van der Waals surface area contributed by atoms with Gasteiger partial charge in [0.1, 0.15) is 12.1 Å². The number of hydrogen-bond donors (Lipinski definition) is 3.